The van der Waals surface area contributed by atoms with Crippen molar-refractivity contribution < 1.29 is 0 Å². The Labute approximate surface area is 95.5 Å². The van der Waals surface area contributed by atoms with Crippen molar-refractivity contribution in [1.29, 1.82) is 0 Å². The Hall–Kier alpha value is -2.03. The minimum atomic E-state index is 0.987. The molecule has 0 aliphatic heterocycles. The Morgan fingerprint density at radius 3 is 2.56 bits per heavy atom. The fraction of sp³-hybridized carbons (Fsp3) is 0.154. The average Bonchev–Trinajstić information content (AvgIpc) is 2.32. The Kier molecular flexibility index (Phi) is 3.05. The molecule has 2 rings (SSSR count). The number of pyridine rings is 1. The molecule has 0 spiro atoms. The number of hydrogen-bond acceptors (Lipinski definition) is 3. The van der Waals surface area contributed by atoms with Crippen LogP contribution in [-0.2, 0) is 0 Å². The van der Waals surface area contributed by atoms with Gasteiger partial charge in [0.1, 0.15) is 0 Å². The van der Waals surface area contributed by atoms with Crippen LogP contribution in [0.2, 0.25) is 0 Å². The summed E-state index contributed by atoms with van der Waals surface area (Å²) >= 11 is 0. The highest BCUT2D eigenvalue weighted by atomic mass is 14.9. The molecule has 0 fully saturated rings. The van der Waals surface area contributed by atoms with Gasteiger partial charge in [-0.1, -0.05) is 18.2 Å². The van der Waals surface area contributed by atoms with Crippen LogP contribution in [0, 0.1) is 6.92 Å². The number of aromatic nitrogens is 1. The number of anilines is 3. The van der Waals surface area contributed by atoms with Crippen LogP contribution in [0.15, 0.2) is 42.7 Å². The second-order valence-electron chi connectivity index (χ2n) is 3.65. The normalized spacial score (nSPS) is 9.88. The maximum absolute atomic E-state index is 4.16. The lowest BCUT2D eigenvalue weighted by molar-refractivity contribution is 1.30. The molecule has 82 valence electrons. The monoisotopic (exact) mass is 213 g/mol. The molecule has 16 heavy (non-hydrogen) atoms. The van der Waals surface area contributed by atoms with E-state index in [1.807, 2.05) is 31.4 Å². The molecule has 0 bridgehead atoms. The number of benzene rings is 1. The van der Waals surface area contributed by atoms with E-state index in [1.165, 1.54) is 5.56 Å². The zero-order valence-electron chi connectivity index (χ0n) is 9.49. The molecule has 0 saturated heterocycles. The third-order valence-electron chi connectivity index (χ3n) is 2.45. The Morgan fingerprint density at radius 1 is 1.06 bits per heavy atom. The summed E-state index contributed by atoms with van der Waals surface area (Å²) in [5.74, 6) is 0. The first-order chi connectivity index (χ1) is 7.79. The van der Waals surface area contributed by atoms with Gasteiger partial charge in [-0.05, 0) is 24.6 Å². The molecule has 1 aromatic heterocycles. The second-order valence-corrected chi connectivity index (χ2v) is 3.65. The Balaban J connectivity index is 2.24. The molecule has 0 aliphatic carbocycles. The maximum Gasteiger partial charge on any atom is 0.0591 e. The van der Waals surface area contributed by atoms with Crippen LogP contribution in [0.25, 0.3) is 0 Å². The first kappa shape index (κ1) is 10.5. The second kappa shape index (κ2) is 4.66. The van der Waals surface area contributed by atoms with Gasteiger partial charge in [0, 0.05) is 12.7 Å². The van der Waals surface area contributed by atoms with E-state index >= 15 is 0 Å². The molecule has 0 radical (unpaired) electrons. The van der Waals surface area contributed by atoms with E-state index in [2.05, 4.69) is 34.7 Å². The lowest BCUT2D eigenvalue weighted by Crippen LogP contribution is -1.95. The molecule has 0 aliphatic rings. The van der Waals surface area contributed by atoms with Crippen LogP contribution in [0.4, 0.5) is 17.1 Å². The molecule has 0 unspecified atom stereocenters. The van der Waals surface area contributed by atoms with Crippen molar-refractivity contribution in [2.45, 2.75) is 6.92 Å². The number of aryl methyl sites for hydroxylation is 1. The van der Waals surface area contributed by atoms with Gasteiger partial charge in [-0.25, -0.2) is 0 Å². The van der Waals surface area contributed by atoms with E-state index in [-0.39, 0.29) is 0 Å². The van der Waals surface area contributed by atoms with Gasteiger partial charge in [-0.3, -0.25) is 4.98 Å². The number of rotatable bonds is 3. The summed E-state index contributed by atoms with van der Waals surface area (Å²) in [6, 6.07) is 10.2. The van der Waals surface area contributed by atoms with Gasteiger partial charge in [-0.2, -0.15) is 0 Å². The van der Waals surface area contributed by atoms with E-state index in [0.29, 0.717) is 0 Å². The van der Waals surface area contributed by atoms with Gasteiger partial charge < -0.3 is 10.6 Å². The SMILES string of the molecule is CNc1cncc(Nc2ccccc2C)c1. The predicted octanol–water partition coefficient (Wildman–Crippen LogP) is 3.18. The third-order valence-corrected chi connectivity index (χ3v) is 2.45. The quantitative estimate of drug-likeness (QED) is 0.822. The summed E-state index contributed by atoms with van der Waals surface area (Å²) in [6.07, 6.45) is 3.61. The van der Waals surface area contributed by atoms with Crippen LogP contribution in [-0.4, -0.2) is 12.0 Å². The van der Waals surface area contributed by atoms with Crippen LogP contribution in [0.5, 0.6) is 0 Å². The van der Waals surface area contributed by atoms with Gasteiger partial charge in [0.2, 0.25) is 0 Å². The smallest absolute Gasteiger partial charge is 0.0591 e. The van der Waals surface area contributed by atoms with Crippen molar-refractivity contribution in [2.75, 3.05) is 17.7 Å². The number of para-hydroxylation sites is 1. The summed E-state index contributed by atoms with van der Waals surface area (Å²) in [5, 5.41) is 6.41. The fourth-order valence-electron chi connectivity index (χ4n) is 1.51. The topological polar surface area (TPSA) is 37.0 Å². The van der Waals surface area contributed by atoms with Crippen molar-refractivity contribution in [1.82, 2.24) is 4.98 Å². The number of nitrogens with zero attached hydrogens (tertiary/aromatic N) is 1. The van der Waals surface area contributed by atoms with Gasteiger partial charge in [0.15, 0.2) is 0 Å². The minimum absolute atomic E-state index is 0.987. The largest absolute Gasteiger partial charge is 0.387 e. The predicted molar refractivity (Wildman–Crippen MR) is 68.2 cm³/mol. The van der Waals surface area contributed by atoms with Crippen LogP contribution in [0.1, 0.15) is 5.56 Å². The lowest BCUT2D eigenvalue weighted by atomic mass is 10.2. The van der Waals surface area contributed by atoms with Crippen LogP contribution < -0.4 is 10.6 Å². The van der Waals surface area contributed by atoms with Gasteiger partial charge in [0.05, 0.1) is 23.8 Å². The summed E-state index contributed by atoms with van der Waals surface area (Å²) in [5.41, 5.74) is 4.31. The molecular formula is C13H15N3. The molecule has 0 saturated carbocycles. The van der Waals surface area contributed by atoms with E-state index < -0.39 is 0 Å². The zero-order valence-corrected chi connectivity index (χ0v) is 9.49. The number of hydrogen-bond donors (Lipinski definition) is 2. The molecular weight excluding hydrogens is 198 g/mol. The van der Waals surface area contributed by atoms with E-state index in [0.717, 1.165) is 17.1 Å². The summed E-state index contributed by atoms with van der Waals surface area (Å²) in [6.45, 7) is 2.08. The van der Waals surface area contributed by atoms with Crippen molar-refractivity contribution in [2.24, 2.45) is 0 Å². The molecule has 0 atom stereocenters. The summed E-state index contributed by atoms with van der Waals surface area (Å²) in [7, 11) is 1.88. The molecule has 3 heteroatoms. The van der Waals surface area contributed by atoms with Crippen LogP contribution >= 0.6 is 0 Å². The van der Waals surface area contributed by atoms with Crippen molar-refractivity contribution in [3.63, 3.8) is 0 Å². The highest BCUT2D eigenvalue weighted by Gasteiger charge is 1.98. The number of nitrogens with one attached hydrogen (secondary N) is 2. The van der Waals surface area contributed by atoms with Crippen molar-refractivity contribution >= 4 is 17.1 Å². The third kappa shape index (κ3) is 2.31. The van der Waals surface area contributed by atoms with E-state index in [4.69, 9.17) is 0 Å². The van der Waals surface area contributed by atoms with Crippen molar-refractivity contribution in [3.8, 4) is 0 Å². The standard InChI is InChI=1S/C13H15N3/c1-10-5-3-4-6-13(10)16-12-7-11(14-2)8-15-9-12/h3-9,14,16H,1-2H3. The van der Waals surface area contributed by atoms with Gasteiger partial charge in [-0.15, -0.1) is 0 Å². The van der Waals surface area contributed by atoms with E-state index in [1.54, 1.807) is 6.20 Å². The average molecular weight is 213 g/mol. The maximum atomic E-state index is 4.16. The Morgan fingerprint density at radius 2 is 1.81 bits per heavy atom. The first-order valence-corrected chi connectivity index (χ1v) is 5.25. The lowest BCUT2D eigenvalue weighted by Gasteiger charge is -2.09. The highest BCUT2D eigenvalue weighted by Crippen LogP contribution is 2.21. The Bertz CT molecular complexity index is 480. The molecule has 3 nitrogen and oxygen atoms in total. The molecule has 1 aromatic carbocycles. The molecule has 2 N–H and O–H groups in total. The zero-order chi connectivity index (χ0) is 11.4. The minimum Gasteiger partial charge on any atom is -0.387 e. The molecule has 0 amide bonds. The molecule has 2 aromatic rings. The van der Waals surface area contributed by atoms with Crippen LogP contribution in [0.3, 0.4) is 0 Å². The van der Waals surface area contributed by atoms with Crippen molar-refractivity contribution in [3.05, 3.63) is 48.3 Å². The molecule has 1 heterocycles. The highest BCUT2D eigenvalue weighted by molar-refractivity contribution is 5.65. The van der Waals surface area contributed by atoms with E-state index in [9.17, 15) is 0 Å². The summed E-state index contributed by atoms with van der Waals surface area (Å²) < 4.78 is 0. The van der Waals surface area contributed by atoms with Gasteiger partial charge in [0.25, 0.3) is 0 Å². The first-order valence-electron chi connectivity index (χ1n) is 5.25. The fourth-order valence-corrected chi connectivity index (χ4v) is 1.51. The summed E-state index contributed by atoms with van der Waals surface area (Å²) in [4.78, 5) is 4.16. The van der Waals surface area contributed by atoms with Gasteiger partial charge >= 0.3 is 0 Å².